The number of hydrogen-bond acceptors (Lipinski definition) is 1. The van der Waals surface area contributed by atoms with Gasteiger partial charge in [0.1, 0.15) is 0 Å². The van der Waals surface area contributed by atoms with Crippen molar-refractivity contribution in [2.24, 2.45) is 0 Å². The van der Waals surface area contributed by atoms with Crippen molar-refractivity contribution >= 4 is 72.9 Å². The molecule has 0 amide bonds. The van der Waals surface area contributed by atoms with Crippen molar-refractivity contribution in [2.45, 2.75) is 120 Å². The summed E-state index contributed by atoms with van der Waals surface area (Å²) in [7, 11) is -3.53. The van der Waals surface area contributed by atoms with E-state index in [2.05, 4.69) is 120 Å². The first-order chi connectivity index (χ1) is 15.5. The second-order valence-corrected chi connectivity index (χ2v) is 37.9. The van der Waals surface area contributed by atoms with Crippen molar-refractivity contribution in [3.63, 3.8) is 0 Å². The molecule has 0 aliphatic heterocycles. The van der Waals surface area contributed by atoms with Crippen molar-refractivity contribution < 1.29 is 31.0 Å². The Morgan fingerprint density at radius 3 is 0.622 bits per heavy atom. The first-order valence-corrected chi connectivity index (χ1v) is 31.0. The molecule has 0 aromatic rings. The Morgan fingerprint density at radius 1 is 0.514 bits per heavy atom. The molecular formula is C25H67GeN2O2P2PtSi4-3. The average molecular weight is 870 g/mol. The van der Waals surface area contributed by atoms with Crippen LogP contribution in [0.5, 0.6) is 0 Å². The molecule has 12 heteroatoms. The van der Waals surface area contributed by atoms with E-state index in [0.717, 1.165) is 0 Å². The van der Waals surface area contributed by atoms with Crippen molar-refractivity contribution in [2.75, 3.05) is 37.0 Å². The summed E-state index contributed by atoms with van der Waals surface area (Å²) < 4.78 is 9.64. The largest absolute Gasteiger partial charge is 0.668 e. The SMILES string of the molecule is CCP(CC)CC.CCP(CC)CC.C[Si](C)(C)[N-][Si](C)(C)C.C[Si](C)(C)[N-][Si](C)(C)C.O=[C-]O.[Ge].[Pt]. The molecule has 0 atom stereocenters. The molecule has 0 aliphatic carbocycles. The van der Waals surface area contributed by atoms with Gasteiger partial charge in [-0.1, -0.05) is 160 Å². The van der Waals surface area contributed by atoms with E-state index >= 15 is 0 Å². The van der Waals surface area contributed by atoms with Crippen LogP contribution in [0.2, 0.25) is 78.6 Å². The summed E-state index contributed by atoms with van der Waals surface area (Å²) >= 11 is 0. The number of nitrogens with zero attached hydrogens (tertiary/aromatic N) is 2. The molecule has 0 unspecified atom stereocenters. The van der Waals surface area contributed by atoms with E-state index in [4.69, 9.17) is 19.2 Å². The summed E-state index contributed by atoms with van der Waals surface area (Å²) in [5.74, 6) is 0. The zero-order valence-electron chi connectivity index (χ0n) is 28.2. The van der Waals surface area contributed by atoms with Crippen LogP contribution in [0.25, 0.3) is 9.30 Å². The topological polar surface area (TPSA) is 65.5 Å². The third kappa shape index (κ3) is 73.0. The summed E-state index contributed by atoms with van der Waals surface area (Å²) in [4.78, 5) is 8.24. The minimum Gasteiger partial charge on any atom is -0.668 e. The Hall–Kier alpha value is 2.35. The van der Waals surface area contributed by atoms with Gasteiger partial charge in [0.25, 0.3) is 0 Å². The van der Waals surface area contributed by atoms with Gasteiger partial charge < -0.3 is 19.2 Å². The Labute approximate surface area is 268 Å². The minimum atomic E-state index is -1.11. The summed E-state index contributed by atoms with van der Waals surface area (Å²) in [5.41, 5.74) is 0. The second-order valence-electron chi connectivity index (χ2n) is 12.2. The van der Waals surface area contributed by atoms with Gasteiger partial charge >= 0.3 is 0 Å². The Bertz CT molecular complexity index is 381. The Balaban J connectivity index is -0.0000000618. The fraction of sp³-hybridized carbons (Fsp3) is 0.960. The molecule has 0 saturated carbocycles. The molecule has 0 aromatic carbocycles. The van der Waals surface area contributed by atoms with Gasteiger partial charge in [0.15, 0.2) is 0 Å². The summed E-state index contributed by atoms with van der Waals surface area (Å²) in [6, 6.07) is 0. The van der Waals surface area contributed by atoms with Crippen molar-refractivity contribution in [1.29, 1.82) is 0 Å². The molecule has 0 aliphatic rings. The molecule has 0 spiro atoms. The van der Waals surface area contributed by atoms with Crippen molar-refractivity contribution in [1.82, 2.24) is 0 Å². The first kappa shape index (κ1) is 55.3. The quantitative estimate of drug-likeness (QED) is 0.135. The molecule has 0 aromatic heterocycles. The summed E-state index contributed by atoms with van der Waals surface area (Å²) in [6.07, 6.45) is 8.51. The van der Waals surface area contributed by atoms with Crippen LogP contribution in [0.1, 0.15) is 41.5 Å². The van der Waals surface area contributed by atoms with E-state index in [9.17, 15) is 0 Å². The molecule has 4 radical (unpaired) electrons. The van der Waals surface area contributed by atoms with Crippen LogP contribution in [-0.2, 0) is 25.9 Å². The van der Waals surface area contributed by atoms with Crippen LogP contribution in [0.4, 0.5) is 0 Å². The van der Waals surface area contributed by atoms with Gasteiger partial charge in [0, 0.05) is 38.7 Å². The van der Waals surface area contributed by atoms with Crippen LogP contribution in [0.15, 0.2) is 0 Å². The van der Waals surface area contributed by atoms with Crippen LogP contribution in [0.3, 0.4) is 0 Å². The summed E-state index contributed by atoms with van der Waals surface area (Å²) in [6.45, 7) is 41.8. The van der Waals surface area contributed by atoms with E-state index in [1.165, 1.54) is 37.0 Å². The third-order valence-corrected chi connectivity index (χ3v) is 20.1. The molecular weight excluding hydrogens is 802 g/mol. The van der Waals surface area contributed by atoms with Crippen LogP contribution >= 0.6 is 15.8 Å². The predicted molar refractivity (Wildman–Crippen MR) is 191 cm³/mol. The molecule has 0 heterocycles. The summed E-state index contributed by atoms with van der Waals surface area (Å²) in [5, 5.41) is 6.76. The first-order valence-electron chi connectivity index (χ1n) is 13.5. The van der Waals surface area contributed by atoms with Gasteiger partial charge in [0.05, 0.1) is 0 Å². The average Bonchev–Trinajstić information content (AvgIpc) is 2.61. The Kier molecular flexibility index (Phi) is 46.8. The molecule has 0 bridgehead atoms. The van der Waals surface area contributed by atoms with Crippen LogP contribution < -0.4 is 0 Å². The normalized spacial score (nSPS) is 11.0. The van der Waals surface area contributed by atoms with E-state index in [0.29, 0.717) is 22.3 Å². The fourth-order valence-electron chi connectivity index (χ4n) is 3.35. The van der Waals surface area contributed by atoms with Crippen LogP contribution in [0, 0.1) is 0 Å². The zero-order chi connectivity index (χ0) is 29.5. The van der Waals surface area contributed by atoms with Gasteiger partial charge in [-0.2, -0.15) is 0 Å². The van der Waals surface area contributed by atoms with Gasteiger partial charge in [-0.3, -0.25) is 0 Å². The molecule has 232 valence electrons. The molecule has 37 heavy (non-hydrogen) atoms. The number of hydrogen-bond donors (Lipinski definition) is 1. The monoisotopic (exact) mass is 870 g/mol. The van der Waals surface area contributed by atoms with Gasteiger partial charge in [-0.25, -0.2) is 0 Å². The molecule has 0 saturated heterocycles. The van der Waals surface area contributed by atoms with Crippen molar-refractivity contribution in [3.8, 4) is 0 Å². The zero-order valence-corrected chi connectivity index (χ0v) is 38.4. The maximum Gasteiger partial charge on any atom is 0 e. The fourth-order valence-corrected chi connectivity index (χ4v) is 22.1. The minimum absolute atomic E-state index is 0. The number of aliphatic hydroxyl groups excluding tert-OH is 1. The maximum atomic E-state index is 8.24. The van der Waals surface area contributed by atoms with E-state index in [-0.39, 0.29) is 38.7 Å². The predicted octanol–water partition coefficient (Wildman–Crippen LogP) is 10.3. The van der Waals surface area contributed by atoms with E-state index < -0.39 is 32.9 Å². The van der Waals surface area contributed by atoms with Crippen molar-refractivity contribution in [3.05, 3.63) is 9.30 Å². The third-order valence-electron chi connectivity index (χ3n) is 4.02. The van der Waals surface area contributed by atoms with E-state index in [1.54, 1.807) is 0 Å². The molecule has 4 nitrogen and oxygen atoms in total. The molecule has 1 N–H and O–H groups in total. The van der Waals surface area contributed by atoms with Crippen LogP contribution in [-0.4, -0.2) is 99.1 Å². The van der Waals surface area contributed by atoms with Gasteiger partial charge in [-0.15, -0.1) is 15.8 Å². The molecule has 0 fully saturated rings. The van der Waals surface area contributed by atoms with Gasteiger partial charge in [-0.05, 0) is 37.0 Å². The molecule has 0 rings (SSSR count). The van der Waals surface area contributed by atoms with E-state index in [1.807, 2.05) is 0 Å². The number of rotatable bonds is 10. The maximum absolute atomic E-state index is 8.24. The Morgan fingerprint density at radius 2 is 0.622 bits per heavy atom. The van der Waals surface area contributed by atoms with Gasteiger partial charge in [0.2, 0.25) is 0 Å². The standard InChI is InChI=1S/2C6H18NSi2.2C6H15P.CHO2.Ge.Pt/c2*1-8(2,3)7-9(4,5)6;2*1-4-7(5-2)6-3;2-1-3;;/h2*1-6H3;2*4-6H2,1-3H3;(H,2,3);;/q2*-1;;;-1;;. The smallest absolute Gasteiger partial charge is 0 e. The second kappa shape index (κ2) is 31.3.